The van der Waals surface area contributed by atoms with E-state index in [0.717, 1.165) is 67.5 Å². The first kappa shape index (κ1) is 24.6. The Balaban J connectivity index is 1.37. The average molecular weight is 512 g/mol. The third-order valence-electron chi connectivity index (χ3n) is 7.28. The lowest BCUT2D eigenvalue weighted by Crippen LogP contribution is -2.35. The van der Waals surface area contributed by atoms with Crippen LogP contribution in [0.3, 0.4) is 0 Å². The first-order valence-electron chi connectivity index (χ1n) is 12.4. The number of aromatic nitrogens is 4. The number of amides is 1. The van der Waals surface area contributed by atoms with Crippen molar-refractivity contribution in [1.29, 1.82) is 0 Å². The van der Waals surface area contributed by atoms with Crippen molar-refractivity contribution in [2.24, 2.45) is 0 Å². The minimum Gasteiger partial charge on any atom is -0.356 e. The Morgan fingerprint density at radius 2 is 2.03 bits per heavy atom. The maximum atomic E-state index is 13.8. The van der Waals surface area contributed by atoms with Crippen LogP contribution in [0.2, 0.25) is 5.02 Å². The zero-order valence-corrected chi connectivity index (χ0v) is 21.6. The van der Waals surface area contributed by atoms with Crippen LogP contribution in [0.1, 0.15) is 44.0 Å². The molecule has 1 aromatic carbocycles. The number of nitrogens with zero attached hydrogens (tertiary/aromatic N) is 6. The molecular formula is C26H31ClFN7O. The van der Waals surface area contributed by atoms with Crippen LogP contribution in [0.25, 0.3) is 11.3 Å². The van der Waals surface area contributed by atoms with E-state index in [1.807, 2.05) is 0 Å². The molecular weight excluding hydrogens is 481 g/mol. The summed E-state index contributed by atoms with van der Waals surface area (Å²) in [6.45, 7) is 7.72. The van der Waals surface area contributed by atoms with Gasteiger partial charge in [-0.2, -0.15) is 0 Å². The molecule has 36 heavy (non-hydrogen) atoms. The summed E-state index contributed by atoms with van der Waals surface area (Å²) in [5.74, 6) is 2.33. The minimum absolute atomic E-state index is 0.0385. The molecule has 3 aromatic rings. The van der Waals surface area contributed by atoms with Crippen LogP contribution in [0.4, 0.5) is 16.0 Å². The fourth-order valence-electron chi connectivity index (χ4n) is 4.89. The zero-order valence-electron chi connectivity index (χ0n) is 20.8. The predicted octanol–water partition coefficient (Wildman–Crippen LogP) is 4.35. The lowest BCUT2D eigenvalue weighted by atomic mass is 9.95. The molecule has 0 atom stereocenters. The molecule has 190 valence electrons. The van der Waals surface area contributed by atoms with Gasteiger partial charge in [0.25, 0.3) is 0 Å². The summed E-state index contributed by atoms with van der Waals surface area (Å²) >= 11 is 6.06. The maximum Gasteiger partial charge on any atom is 0.230 e. The lowest BCUT2D eigenvalue weighted by molar-refractivity contribution is -0.115. The highest BCUT2D eigenvalue weighted by atomic mass is 35.5. The molecule has 1 fully saturated rings. The van der Waals surface area contributed by atoms with E-state index in [4.69, 9.17) is 16.6 Å². The first-order valence-corrected chi connectivity index (χ1v) is 12.8. The second-order valence-electron chi connectivity index (χ2n) is 9.89. The monoisotopic (exact) mass is 511 g/mol. The first-order chi connectivity index (χ1) is 17.3. The van der Waals surface area contributed by atoms with Gasteiger partial charge in [-0.3, -0.25) is 4.79 Å². The van der Waals surface area contributed by atoms with Crippen LogP contribution in [0.15, 0.2) is 30.7 Å². The second kappa shape index (κ2) is 10.1. The summed E-state index contributed by atoms with van der Waals surface area (Å²) < 4.78 is 16.0. The van der Waals surface area contributed by atoms with Gasteiger partial charge in [0, 0.05) is 55.5 Å². The van der Waals surface area contributed by atoms with Crippen molar-refractivity contribution in [2.75, 3.05) is 36.9 Å². The van der Waals surface area contributed by atoms with E-state index >= 15 is 0 Å². The fourth-order valence-corrected chi connectivity index (χ4v) is 5.07. The molecule has 4 heterocycles. The quantitative estimate of drug-likeness (QED) is 0.508. The van der Waals surface area contributed by atoms with E-state index in [-0.39, 0.29) is 16.8 Å². The highest BCUT2D eigenvalue weighted by Gasteiger charge is 2.30. The molecule has 0 unspecified atom stereocenters. The molecule has 2 aliphatic rings. The zero-order chi connectivity index (χ0) is 25.4. The number of hydrogen-bond donors (Lipinski definition) is 1. The maximum absolute atomic E-state index is 13.8. The number of carbonyl (C=O) groups is 1. The Kier molecular flexibility index (Phi) is 6.94. The van der Waals surface area contributed by atoms with Crippen LogP contribution >= 0.6 is 11.6 Å². The summed E-state index contributed by atoms with van der Waals surface area (Å²) in [6.07, 6.45) is 5.74. The van der Waals surface area contributed by atoms with Crippen LogP contribution in [0, 0.1) is 5.82 Å². The standard InChI is InChI=1S/C26H31ClFN7O/c1-16(2)33(3)10-11-35-14-22(18-4-5-21(28)20(27)12-18)31-25(35)17-6-8-34(9-7-17)26-19-13-23(36)32-24(19)29-15-30-26/h4-5,12,14-17H,6-11,13H2,1-3H3,(H,29,30,32,36). The van der Waals surface area contributed by atoms with Gasteiger partial charge in [-0.15, -0.1) is 0 Å². The van der Waals surface area contributed by atoms with E-state index in [1.54, 1.807) is 12.1 Å². The smallest absolute Gasteiger partial charge is 0.230 e. The molecule has 8 nitrogen and oxygen atoms in total. The molecule has 2 aliphatic heterocycles. The van der Waals surface area contributed by atoms with Gasteiger partial charge in [-0.25, -0.2) is 19.3 Å². The molecule has 1 amide bonds. The second-order valence-corrected chi connectivity index (χ2v) is 10.3. The van der Waals surface area contributed by atoms with Gasteiger partial charge >= 0.3 is 0 Å². The van der Waals surface area contributed by atoms with Gasteiger partial charge in [0.15, 0.2) is 0 Å². The number of hydrogen-bond acceptors (Lipinski definition) is 6. The number of likely N-dealkylation sites (N-methyl/N-ethyl adjacent to an activating group) is 1. The highest BCUT2D eigenvalue weighted by Crippen LogP contribution is 2.35. The average Bonchev–Trinajstić information content (AvgIpc) is 3.47. The summed E-state index contributed by atoms with van der Waals surface area (Å²) in [6, 6.07) is 5.21. The molecule has 10 heteroatoms. The predicted molar refractivity (Wildman–Crippen MR) is 139 cm³/mol. The normalized spacial score (nSPS) is 16.2. The topological polar surface area (TPSA) is 79.2 Å². The number of carbonyl (C=O) groups excluding carboxylic acids is 1. The van der Waals surface area contributed by atoms with Crippen LogP contribution < -0.4 is 10.2 Å². The fraction of sp³-hybridized carbons (Fsp3) is 0.462. The number of benzene rings is 1. The molecule has 2 aromatic heterocycles. The Morgan fingerprint density at radius 3 is 2.75 bits per heavy atom. The number of rotatable bonds is 7. The molecule has 0 radical (unpaired) electrons. The van der Waals surface area contributed by atoms with E-state index in [2.05, 4.69) is 56.7 Å². The molecule has 5 rings (SSSR count). The molecule has 0 aliphatic carbocycles. The third kappa shape index (κ3) is 4.95. The van der Waals surface area contributed by atoms with Crippen LogP contribution in [-0.2, 0) is 17.8 Å². The molecule has 0 saturated carbocycles. The van der Waals surface area contributed by atoms with Crippen LogP contribution in [-0.4, -0.2) is 63.0 Å². The van der Waals surface area contributed by atoms with E-state index in [9.17, 15) is 9.18 Å². The molecule has 1 N–H and O–H groups in total. The molecule has 0 spiro atoms. The van der Waals surface area contributed by atoms with Crippen molar-refractivity contribution in [3.63, 3.8) is 0 Å². The number of fused-ring (bicyclic) bond motifs is 1. The van der Waals surface area contributed by atoms with Gasteiger partial charge in [-0.1, -0.05) is 11.6 Å². The van der Waals surface area contributed by atoms with Gasteiger partial charge < -0.3 is 19.7 Å². The van der Waals surface area contributed by atoms with E-state index in [0.29, 0.717) is 18.3 Å². The van der Waals surface area contributed by atoms with Gasteiger partial charge in [0.05, 0.1) is 17.1 Å². The van der Waals surface area contributed by atoms with E-state index in [1.165, 1.54) is 12.4 Å². The van der Waals surface area contributed by atoms with Crippen molar-refractivity contribution in [2.45, 2.75) is 51.6 Å². The summed E-state index contributed by atoms with van der Waals surface area (Å²) in [7, 11) is 2.13. The molecule has 1 saturated heterocycles. The van der Waals surface area contributed by atoms with Gasteiger partial charge in [0.1, 0.15) is 29.6 Å². The Hall–Kier alpha value is -3.04. The number of piperidine rings is 1. The SMILES string of the molecule is CC(C)N(C)CCn1cc(-c2ccc(F)c(Cl)c2)nc1C1CCN(c2ncnc3c2CC(=O)N3)CC1. The van der Waals surface area contributed by atoms with Crippen molar-refractivity contribution in [3.8, 4) is 11.3 Å². The third-order valence-corrected chi connectivity index (χ3v) is 7.56. The van der Waals surface area contributed by atoms with Crippen LogP contribution in [0.5, 0.6) is 0 Å². The Morgan fingerprint density at radius 1 is 1.25 bits per heavy atom. The number of imidazole rings is 1. The van der Waals surface area contributed by atoms with Crippen molar-refractivity contribution in [3.05, 3.63) is 53.0 Å². The number of anilines is 2. The molecule has 0 bridgehead atoms. The summed E-state index contributed by atoms with van der Waals surface area (Å²) in [5.41, 5.74) is 2.50. The number of halogens is 2. The summed E-state index contributed by atoms with van der Waals surface area (Å²) in [4.78, 5) is 30.2. The Bertz CT molecular complexity index is 1270. The minimum atomic E-state index is -0.431. The largest absolute Gasteiger partial charge is 0.356 e. The van der Waals surface area contributed by atoms with Gasteiger partial charge in [-0.05, 0) is 51.9 Å². The number of nitrogens with one attached hydrogen (secondary N) is 1. The highest BCUT2D eigenvalue weighted by molar-refractivity contribution is 6.31. The van der Waals surface area contributed by atoms with Crippen molar-refractivity contribution >= 4 is 29.1 Å². The lowest BCUT2D eigenvalue weighted by Gasteiger charge is -2.33. The Labute approximate surface area is 215 Å². The summed E-state index contributed by atoms with van der Waals surface area (Å²) in [5, 5.41) is 2.91. The van der Waals surface area contributed by atoms with Gasteiger partial charge in [0.2, 0.25) is 5.91 Å². The van der Waals surface area contributed by atoms with Crippen molar-refractivity contribution < 1.29 is 9.18 Å². The van der Waals surface area contributed by atoms with Crippen molar-refractivity contribution in [1.82, 2.24) is 24.4 Å². The van der Waals surface area contributed by atoms with E-state index < -0.39 is 5.82 Å².